The number of aromatic nitrogens is 2. The number of hydrogen-bond acceptors (Lipinski definition) is 3. The van der Waals surface area contributed by atoms with E-state index in [2.05, 4.69) is 35.9 Å². The van der Waals surface area contributed by atoms with E-state index >= 15 is 0 Å². The van der Waals surface area contributed by atoms with Crippen molar-refractivity contribution in [2.24, 2.45) is 5.73 Å². The molecule has 0 spiro atoms. The van der Waals surface area contributed by atoms with Crippen LogP contribution in [-0.2, 0) is 6.42 Å². The Morgan fingerprint density at radius 2 is 2.00 bits per heavy atom. The Labute approximate surface area is 129 Å². The lowest BCUT2D eigenvalue weighted by Crippen LogP contribution is -1.99. The largest absolute Gasteiger partial charge is 0.352 e. The third kappa shape index (κ3) is 2.61. The SMILES string of the molecule is Cc1ccc(C)c2c(CCCCN)c(-c3nccs3)[nH]c12. The zero-order valence-electron chi connectivity index (χ0n) is 12.6. The maximum absolute atomic E-state index is 5.65. The van der Waals surface area contributed by atoms with Gasteiger partial charge in [-0.15, -0.1) is 11.3 Å². The highest BCUT2D eigenvalue weighted by molar-refractivity contribution is 7.13. The van der Waals surface area contributed by atoms with Gasteiger partial charge in [0, 0.05) is 22.5 Å². The predicted molar refractivity (Wildman–Crippen MR) is 90.9 cm³/mol. The molecule has 110 valence electrons. The fourth-order valence-electron chi connectivity index (χ4n) is 2.91. The minimum Gasteiger partial charge on any atom is -0.352 e. The monoisotopic (exact) mass is 299 g/mol. The Hall–Kier alpha value is -1.65. The van der Waals surface area contributed by atoms with Crippen LogP contribution in [0.2, 0.25) is 0 Å². The summed E-state index contributed by atoms with van der Waals surface area (Å²) in [5, 5.41) is 4.48. The molecule has 3 rings (SSSR count). The summed E-state index contributed by atoms with van der Waals surface area (Å²) in [4.78, 5) is 8.11. The Morgan fingerprint density at radius 1 is 1.19 bits per heavy atom. The second-order valence-corrected chi connectivity index (χ2v) is 6.41. The van der Waals surface area contributed by atoms with Gasteiger partial charge >= 0.3 is 0 Å². The average molecular weight is 299 g/mol. The van der Waals surface area contributed by atoms with E-state index in [1.807, 2.05) is 11.6 Å². The van der Waals surface area contributed by atoms with Crippen molar-refractivity contribution in [2.45, 2.75) is 33.1 Å². The number of aryl methyl sites for hydroxylation is 3. The number of H-pyrrole nitrogens is 1. The van der Waals surface area contributed by atoms with E-state index in [-0.39, 0.29) is 0 Å². The number of unbranched alkanes of at least 4 members (excludes halogenated alkanes) is 1. The third-order valence-corrected chi connectivity index (χ3v) is 4.79. The summed E-state index contributed by atoms with van der Waals surface area (Å²) in [6, 6.07) is 4.40. The quantitative estimate of drug-likeness (QED) is 0.694. The molecule has 0 fully saturated rings. The first-order valence-corrected chi connectivity index (χ1v) is 8.31. The number of hydrogen-bond donors (Lipinski definition) is 2. The highest BCUT2D eigenvalue weighted by Crippen LogP contribution is 2.35. The first-order valence-electron chi connectivity index (χ1n) is 7.43. The van der Waals surface area contributed by atoms with Crippen molar-refractivity contribution < 1.29 is 0 Å². The predicted octanol–water partition coefficient (Wildman–Crippen LogP) is 4.19. The summed E-state index contributed by atoms with van der Waals surface area (Å²) >= 11 is 1.69. The van der Waals surface area contributed by atoms with E-state index in [0.717, 1.165) is 30.8 Å². The van der Waals surface area contributed by atoms with Gasteiger partial charge in [-0.05, 0) is 56.3 Å². The van der Waals surface area contributed by atoms with Gasteiger partial charge in [0.05, 0.1) is 5.69 Å². The number of aromatic amines is 1. The number of rotatable bonds is 5. The molecule has 1 aromatic carbocycles. The van der Waals surface area contributed by atoms with Crippen LogP contribution in [0.15, 0.2) is 23.7 Å². The van der Waals surface area contributed by atoms with Crippen LogP contribution >= 0.6 is 11.3 Å². The third-order valence-electron chi connectivity index (χ3n) is 4.00. The van der Waals surface area contributed by atoms with Crippen molar-refractivity contribution in [1.82, 2.24) is 9.97 Å². The van der Waals surface area contributed by atoms with Gasteiger partial charge in [-0.3, -0.25) is 0 Å². The summed E-state index contributed by atoms with van der Waals surface area (Å²) in [6.45, 7) is 5.11. The molecule has 0 aliphatic rings. The van der Waals surface area contributed by atoms with E-state index in [1.165, 1.54) is 33.3 Å². The van der Waals surface area contributed by atoms with Gasteiger partial charge in [-0.2, -0.15) is 0 Å². The first-order chi connectivity index (χ1) is 10.2. The maximum Gasteiger partial charge on any atom is 0.139 e. The number of nitrogens with zero attached hydrogens (tertiary/aromatic N) is 1. The fraction of sp³-hybridized carbons (Fsp3) is 0.353. The smallest absolute Gasteiger partial charge is 0.139 e. The molecule has 0 saturated heterocycles. The van der Waals surface area contributed by atoms with E-state index in [1.54, 1.807) is 11.3 Å². The fourth-order valence-corrected chi connectivity index (χ4v) is 3.58. The molecule has 21 heavy (non-hydrogen) atoms. The summed E-state index contributed by atoms with van der Waals surface area (Å²) in [5.74, 6) is 0. The zero-order chi connectivity index (χ0) is 14.8. The molecule has 2 aromatic heterocycles. The van der Waals surface area contributed by atoms with E-state index in [9.17, 15) is 0 Å². The van der Waals surface area contributed by atoms with Crippen LogP contribution in [-0.4, -0.2) is 16.5 Å². The van der Waals surface area contributed by atoms with E-state index < -0.39 is 0 Å². The van der Waals surface area contributed by atoms with Crippen LogP contribution in [0, 0.1) is 13.8 Å². The molecule has 4 heteroatoms. The first kappa shape index (κ1) is 14.3. The van der Waals surface area contributed by atoms with E-state index in [0.29, 0.717) is 0 Å². The molecule has 0 aliphatic heterocycles. The Balaban J connectivity index is 2.18. The molecule has 0 radical (unpaired) electrons. The van der Waals surface area contributed by atoms with Crippen molar-refractivity contribution in [1.29, 1.82) is 0 Å². The molecule has 0 bridgehead atoms. The van der Waals surface area contributed by atoms with Crippen LogP contribution in [0.4, 0.5) is 0 Å². The minimum absolute atomic E-state index is 0.757. The molecular formula is C17H21N3S. The minimum atomic E-state index is 0.757. The second kappa shape index (κ2) is 6.00. The van der Waals surface area contributed by atoms with Crippen LogP contribution in [0.25, 0.3) is 21.6 Å². The number of nitrogens with one attached hydrogen (secondary N) is 1. The molecule has 2 heterocycles. The normalized spacial score (nSPS) is 11.4. The highest BCUT2D eigenvalue weighted by Gasteiger charge is 2.17. The molecule has 0 atom stereocenters. The average Bonchev–Trinajstić information content (AvgIpc) is 3.11. The molecule has 0 saturated carbocycles. The van der Waals surface area contributed by atoms with Gasteiger partial charge in [-0.25, -0.2) is 4.98 Å². The van der Waals surface area contributed by atoms with Crippen molar-refractivity contribution in [3.63, 3.8) is 0 Å². The molecule has 3 nitrogen and oxygen atoms in total. The molecule has 0 amide bonds. The van der Waals surface area contributed by atoms with Crippen molar-refractivity contribution >= 4 is 22.2 Å². The summed E-state index contributed by atoms with van der Waals surface area (Å²) in [6.07, 6.45) is 5.11. The van der Waals surface area contributed by atoms with Crippen LogP contribution in [0.5, 0.6) is 0 Å². The Morgan fingerprint density at radius 3 is 2.71 bits per heavy atom. The van der Waals surface area contributed by atoms with Crippen LogP contribution in [0.1, 0.15) is 29.5 Å². The molecule has 0 aliphatic carbocycles. The number of thiazole rings is 1. The molecular weight excluding hydrogens is 278 g/mol. The van der Waals surface area contributed by atoms with Crippen molar-refractivity contribution in [3.8, 4) is 10.7 Å². The van der Waals surface area contributed by atoms with Crippen molar-refractivity contribution in [2.75, 3.05) is 6.54 Å². The van der Waals surface area contributed by atoms with E-state index in [4.69, 9.17) is 5.73 Å². The second-order valence-electron chi connectivity index (χ2n) is 5.51. The van der Waals surface area contributed by atoms with Gasteiger partial charge in [0.2, 0.25) is 0 Å². The van der Waals surface area contributed by atoms with Crippen LogP contribution in [0.3, 0.4) is 0 Å². The molecule has 3 N–H and O–H groups in total. The standard InChI is InChI=1S/C17H21N3S/c1-11-6-7-12(2)15-14(11)13(5-3-4-8-18)16(20-15)17-19-9-10-21-17/h6-7,9-10,20H,3-5,8,18H2,1-2H3. The van der Waals surface area contributed by atoms with Crippen molar-refractivity contribution in [3.05, 3.63) is 40.4 Å². The lowest BCUT2D eigenvalue weighted by atomic mass is 9.99. The van der Waals surface area contributed by atoms with Gasteiger partial charge in [0.15, 0.2) is 0 Å². The molecule has 0 unspecified atom stereocenters. The molecule has 3 aromatic rings. The van der Waals surface area contributed by atoms with Gasteiger partial charge in [-0.1, -0.05) is 12.1 Å². The summed E-state index contributed by atoms with van der Waals surface area (Å²) in [5.41, 5.74) is 12.1. The summed E-state index contributed by atoms with van der Waals surface area (Å²) in [7, 11) is 0. The number of fused-ring (bicyclic) bond motifs is 1. The maximum atomic E-state index is 5.65. The topological polar surface area (TPSA) is 54.7 Å². The highest BCUT2D eigenvalue weighted by atomic mass is 32.1. The van der Waals surface area contributed by atoms with Gasteiger partial charge in [0.25, 0.3) is 0 Å². The van der Waals surface area contributed by atoms with Gasteiger partial charge < -0.3 is 10.7 Å². The van der Waals surface area contributed by atoms with Gasteiger partial charge in [0.1, 0.15) is 5.01 Å². The number of benzene rings is 1. The lowest BCUT2D eigenvalue weighted by Gasteiger charge is -2.05. The summed E-state index contributed by atoms with van der Waals surface area (Å²) < 4.78 is 0. The Bertz CT molecular complexity index is 741. The van der Waals surface area contributed by atoms with Crippen LogP contribution < -0.4 is 5.73 Å². The number of nitrogens with two attached hydrogens (primary N) is 1. The Kier molecular flexibility index (Phi) is 4.08. The zero-order valence-corrected chi connectivity index (χ0v) is 13.4. The lowest BCUT2D eigenvalue weighted by molar-refractivity contribution is 0.748.